The maximum absolute atomic E-state index is 12.4. The Morgan fingerprint density at radius 3 is 2.64 bits per heavy atom. The van der Waals surface area contributed by atoms with Gasteiger partial charge < -0.3 is 9.80 Å². The summed E-state index contributed by atoms with van der Waals surface area (Å²) in [6.45, 7) is 6.40. The van der Waals surface area contributed by atoms with E-state index in [0.29, 0.717) is 23.0 Å². The summed E-state index contributed by atoms with van der Waals surface area (Å²) in [5.41, 5.74) is 1.86. The lowest BCUT2D eigenvalue weighted by atomic mass is 9.68. The monoisotopic (exact) mass is 360 g/mol. The van der Waals surface area contributed by atoms with E-state index >= 15 is 0 Å². The summed E-state index contributed by atoms with van der Waals surface area (Å²) < 4.78 is 0. The lowest BCUT2D eigenvalue weighted by Gasteiger charge is -2.49. The van der Waals surface area contributed by atoms with Gasteiger partial charge in [0, 0.05) is 26.2 Å². The molecule has 0 bridgehead atoms. The number of nitrogens with zero attached hydrogens (tertiary/aromatic N) is 2. The molecule has 0 saturated carbocycles. The number of carbonyl (C=O) groups is 1. The van der Waals surface area contributed by atoms with Crippen molar-refractivity contribution in [3.63, 3.8) is 0 Å². The average molecular weight is 361 g/mol. The molecule has 2 saturated heterocycles. The van der Waals surface area contributed by atoms with Gasteiger partial charge in [0.25, 0.3) is 0 Å². The Hall–Kier alpha value is -1.00. The van der Waals surface area contributed by atoms with E-state index in [-0.39, 0.29) is 0 Å². The van der Waals surface area contributed by atoms with Crippen LogP contribution in [0.3, 0.4) is 0 Å². The molecule has 2 heterocycles. The zero-order chi connectivity index (χ0) is 17.7. The van der Waals surface area contributed by atoms with Gasteiger partial charge in [-0.1, -0.05) is 37.3 Å². The molecule has 2 aliphatic rings. The smallest absolute Gasteiger partial charge is 0.232 e. The van der Waals surface area contributed by atoms with Crippen LogP contribution in [0.2, 0.25) is 0 Å². The predicted molar refractivity (Wildman–Crippen MR) is 107 cm³/mol. The average Bonchev–Trinajstić information content (AvgIpc) is 2.62. The number of rotatable bonds is 5. The normalized spacial score (nSPS) is 23.8. The Bertz CT molecular complexity index is 554. The Morgan fingerprint density at radius 1 is 1.24 bits per heavy atom. The van der Waals surface area contributed by atoms with Gasteiger partial charge in [0.2, 0.25) is 5.91 Å². The van der Waals surface area contributed by atoms with Gasteiger partial charge >= 0.3 is 0 Å². The molecule has 3 rings (SSSR count). The molecule has 1 spiro atoms. The second-order valence-corrected chi connectivity index (χ2v) is 9.05. The minimum Gasteiger partial charge on any atom is -0.342 e. The third kappa shape index (κ3) is 4.79. The molecule has 1 aromatic carbocycles. The number of amides is 1. The van der Waals surface area contributed by atoms with E-state index in [1.54, 1.807) is 11.8 Å². The van der Waals surface area contributed by atoms with Crippen molar-refractivity contribution in [3.05, 3.63) is 35.9 Å². The highest BCUT2D eigenvalue weighted by Crippen LogP contribution is 2.44. The number of benzene rings is 1. The molecular weight excluding hydrogens is 328 g/mol. The van der Waals surface area contributed by atoms with Crippen LogP contribution < -0.4 is 0 Å². The second kappa shape index (κ2) is 8.59. The van der Waals surface area contributed by atoms with Crippen LogP contribution in [0, 0.1) is 5.41 Å². The van der Waals surface area contributed by atoms with Gasteiger partial charge in [-0.3, -0.25) is 4.79 Å². The van der Waals surface area contributed by atoms with Crippen molar-refractivity contribution in [3.8, 4) is 0 Å². The molecular formula is C21H32N2OS. The van der Waals surface area contributed by atoms with E-state index in [0.717, 1.165) is 44.6 Å². The summed E-state index contributed by atoms with van der Waals surface area (Å²) in [6, 6.07) is 11.0. The van der Waals surface area contributed by atoms with Gasteiger partial charge in [0.15, 0.2) is 0 Å². The molecule has 1 unspecified atom stereocenters. The number of likely N-dealkylation sites (N-methyl/N-ethyl adjacent to an activating group) is 1. The lowest BCUT2D eigenvalue weighted by Crippen LogP contribution is -2.51. The lowest BCUT2D eigenvalue weighted by molar-refractivity contribution is -0.131. The third-order valence-electron chi connectivity index (χ3n) is 5.84. The first-order valence-electron chi connectivity index (χ1n) is 9.71. The number of piperidine rings is 2. The molecule has 0 radical (unpaired) electrons. The highest BCUT2D eigenvalue weighted by atomic mass is 32.2. The van der Waals surface area contributed by atoms with Crippen molar-refractivity contribution in [1.29, 1.82) is 0 Å². The maximum Gasteiger partial charge on any atom is 0.232 e. The summed E-state index contributed by atoms with van der Waals surface area (Å²) in [4.78, 5) is 17.0. The van der Waals surface area contributed by atoms with Crippen molar-refractivity contribution < 1.29 is 4.79 Å². The zero-order valence-electron chi connectivity index (χ0n) is 15.7. The molecule has 1 atom stereocenters. The fourth-order valence-electron chi connectivity index (χ4n) is 4.60. The Morgan fingerprint density at radius 2 is 1.96 bits per heavy atom. The number of thioether (sulfide) groups is 1. The van der Waals surface area contributed by atoms with Crippen molar-refractivity contribution in [2.75, 3.05) is 44.7 Å². The van der Waals surface area contributed by atoms with Crippen LogP contribution >= 0.6 is 11.8 Å². The van der Waals surface area contributed by atoms with Gasteiger partial charge in [-0.05, 0) is 55.4 Å². The minimum atomic E-state index is 0.345. The fourth-order valence-corrected chi connectivity index (χ4v) is 5.39. The molecule has 0 aromatic heterocycles. The largest absolute Gasteiger partial charge is 0.342 e. The minimum absolute atomic E-state index is 0.345. The van der Waals surface area contributed by atoms with Gasteiger partial charge in [-0.25, -0.2) is 0 Å². The SMILES string of the molecule is CCCSCC(=O)N1CCC2(CC1)CC(c1ccccc1)CN(C)C2. The van der Waals surface area contributed by atoms with Crippen LogP contribution in [0.4, 0.5) is 0 Å². The quantitative estimate of drug-likeness (QED) is 0.745. The van der Waals surface area contributed by atoms with Crippen molar-refractivity contribution in [2.24, 2.45) is 5.41 Å². The second-order valence-electron chi connectivity index (χ2n) is 7.94. The van der Waals surface area contributed by atoms with E-state index in [4.69, 9.17) is 0 Å². The molecule has 3 nitrogen and oxygen atoms in total. The van der Waals surface area contributed by atoms with Crippen molar-refractivity contribution in [2.45, 2.75) is 38.5 Å². The first-order chi connectivity index (χ1) is 12.1. The van der Waals surface area contributed by atoms with Crippen molar-refractivity contribution in [1.82, 2.24) is 9.80 Å². The summed E-state index contributed by atoms with van der Waals surface area (Å²) in [5, 5.41) is 0. The summed E-state index contributed by atoms with van der Waals surface area (Å²) in [7, 11) is 2.26. The Kier molecular flexibility index (Phi) is 6.45. The van der Waals surface area contributed by atoms with Crippen LogP contribution in [0.15, 0.2) is 30.3 Å². The van der Waals surface area contributed by atoms with E-state index in [1.807, 2.05) is 0 Å². The maximum atomic E-state index is 12.4. The van der Waals surface area contributed by atoms with E-state index in [1.165, 1.54) is 18.5 Å². The highest BCUT2D eigenvalue weighted by molar-refractivity contribution is 7.99. The molecule has 25 heavy (non-hydrogen) atoms. The Labute approximate surface area is 157 Å². The fraction of sp³-hybridized carbons (Fsp3) is 0.667. The highest BCUT2D eigenvalue weighted by Gasteiger charge is 2.41. The van der Waals surface area contributed by atoms with Gasteiger partial charge in [-0.15, -0.1) is 0 Å². The van der Waals surface area contributed by atoms with Crippen LogP contribution in [0.5, 0.6) is 0 Å². The van der Waals surface area contributed by atoms with Crippen LogP contribution in [0.25, 0.3) is 0 Å². The van der Waals surface area contributed by atoms with Gasteiger partial charge in [0.05, 0.1) is 5.75 Å². The molecule has 0 N–H and O–H groups in total. The summed E-state index contributed by atoms with van der Waals surface area (Å²) >= 11 is 1.78. The Balaban J connectivity index is 1.58. The van der Waals surface area contributed by atoms with Gasteiger partial charge in [-0.2, -0.15) is 11.8 Å². The third-order valence-corrected chi connectivity index (χ3v) is 6.99. The summed E-state index contributed by atoms with van der Waals surface area (Å²) in [6.07, 6.45) is 4.73. The molecule has 138 valence electrons. The number of hydrogen-bond donors (Lipinski definition) is 0. The van der Waals surface area contributed by atoms with Crippen molar-refractivity contribution >= 4 is 17.7 Å². The standard InChI is InChI=1S/C21H32N2OS/c1-3-13-25-16-20(24)23-11-9-21(10-12-23)14-19(15-22(2)17-21)18-7-5-4-6-8-18/h4-8,19H,3,9-17H2,1-2H3. The van der Waals surface area contributed by atoms with Crippen LogP contribution in [-0.2, 0) is 4.79 Å². The molecule has 2 fully saturated rings. The number of carbonyl (C=O) groups excluding carboxylic acids is 1. The molecule has 1 aromatic rings. The number of likely N-dealkylation sites (tertiary alicyclic amines) is 2. The first kappa shape index (κ1) is 18.8. The number of hydrogen-bond acceptors (Lipinski definition) is 3. The van der Waals surface area contributed by atoms with E-state index < -0.39 is 0 Å². The van der Waals surface area contributed by atoms with Crippen LogP contribution in [-0.4, -0.2) is 60.4 Å². The summed E-state index contributed by atoms with van der Waals surface area (Å²) in [5.74, 6) is 2.72. The first-order valence-corrected chi connectivity index (χ1v) is 10.9. The van der Waals surface area contributed by atoms with E-state index in [2.05, 4.69) is 54.1 Å². The zero-order valence-corrected chi connectivity index (χ0v) is 16.6. The van der Waals surface area contributed by atoms with E-state index in [9.17, 15) is 4.79 Å². The topological polar surface area (TPSA) is 23.6 Å². The molecule has 4 heteroatoms. The van der Waals surface area contributed by atoms with Crippen LogP contribution in [0.1, 0.15) is 44.1 Å². The molecule has 1 amide bonds. The predicted octanol–water partition coefficient (Wildman–Crippen LogP) is 3.86. The molecule has 0 aliphatic carbocycles. The van der Waals surface area contributed by atoms with Gasteiger partial charge in [0.1, 0.15) is 0 Å². The molecule has 2 aliphatic heterocycles.